The first-order valence-electron chi connectivity index (χ1n) is 10.9. The van der Waals surface area contributed by atoms with E-state index in [0.717, 1.165) is 35.6 Å². The lowest BCUT2D eigenvalue weighted by Crippen LogP contribution is -2.31. The number of benzene rings is 2. The summed E-state index contributed by atoms with van der Waals surface area (Å²) in [6, 6.07) is 16.5. The Morgan fingerprint density at radius 2 is 1.94 bits per heavy atom. The van der Waals surface area contributed by atoms with E-state index in [1.807, 2.05) is 34.9 Å². The van der Waals surface area contributed by atoms with Gasteiger partial charge in [0.05, 0.1) is 12.2 Å². The first-order chi connectivity index (χ1) is 15.1. The molecule has 0 saturated carbocycles. The predicted molar refractivity (Wildman–Crippen MR) is 122 cm³/mol. The van der Waals surface area contributed by atoms with Crippen LogP contribution < -0.4 is 10.9 Å². The predicted octanol–water partition coefficient (Wildman–Crippen LogP) is 3.86. The molecule has 1 N–H and O–H groups in total. The van der Waals surface area contributed by atoms with E-state index in [0.29, 0.717) is 24.9 Å². The maximum absolute atomic E-state index is 12.8. The summed E-state index contributed by atoms with van der Waals surface area (Å²) in [5.74, 6) is 0.0667. The molecule has 0 aliphatic heterocycles. The minimum Gasteiger partial charge on any atom is -0.349 e. The van der Waals surface area contributed by atoms with E-state index in [2.05, 4.69) is 28.6 Å². The van der Waals surface area contributed by atoms with Crippen LogP contribution in [-0.4, -0.2) is 20.3 Å². The second-order valence-electron chi connectivity index (χ2n) is 8.32. The molecule has 2 aromatic carbocycles. The number of hydrogen-bond acceptors (Lipinski definition) is 3. The van der Waals surface area contributed by atoms with Gasteiger partial charge in [-0.3, -0.25) is 9.59 Å². The largest absolute Gasteiger partial charge is 0.349 e. The third kappa shape index (κ3) is 3.52. The molecule has 0 radical (unpaired) electrons. The molecule has 1 amide bonds. The highest BCUT2D eigenvalue weighted by molar-refractivity contribution is 6.07. The third-order valence-corrected chi connectivity index (χ3v) is 6.36. The molecule has 5 rings (SSSR count). The van der Waals surface area contributed by atoms with Gasteiger partial charge in [0.25, 0.3) is 5.56 Å². The van der Waals surface area contributed by atoms with Gasteiger partial charge in [-0.2, -0.15) is 5.10 Å². The average Bonchev–Trinajstić information content (AvgIpc) is 3.11. The summed E-state index contributed by atoms with van der Waals surface area (Å²) < 4.78 is 3.41. The third-order valence-electron chi connectivity index (χ3n) is 6.36. The van der Waals surface area contributed by atoms with Crippen LogP contribution in [0.15, 0.2) is 59.5 Å². The van der Waals surface area contributed by atoms with Gasteiger partial charge in [-0.15, -0.1) is 0 Å². The van der Waals surface area contributed by atoms with Gasteiger partial charge in [-0.1, -0.05) is 42.5 Å². The van der Waals surface area contributed by atoms with Gasteiger partial charge >= 0.3 is 0 Å². The van der Waals surface area contributed by atoms with Gasteiger partial charge in [-0.25, -0.2) is 4.68 Å². The molecule has 1 unspecified atom stereocenters. The molecule has 0 bridgehead atoms. The standard InChI is InChI=1S/C25H26N4O2/c1-28-25(31)24-20(16-26-28)19-11-4-5-13-22(19)29(24)15-7-14-23(30)27-21-12-6-9-17-8-2-3-10-18(17)21/h2-5,8,10-11,13,16,21H,6-7,9,12,14-15H2,1H3,(H,27,30). The molecule has 4 aromatic rings. The highest BCUT2D eigenvalue weighted by Crippen LogP contribution is 2.30. The fourth-order valence-electron chi connectivity index (χ4n) is 4.84. The molecular weight excluding hydrogens is 388 g/mol. The summed E-state index contributed by atoms with van der Waals surface area (Å²) in [6.07, 6.45) is 6.01. The fraction of sp³-hybridized carbons (Fsp3) is 0.320. The Balaban J connectivity index is 1.33. The summed E-state index contributed by atoms with van der Waals surface area (Å²) >= 11 is 0. The minimum atomic E-state index is -0.114. The maximum atomic E-state index is 12.8. The van der Waals surface area contributed by atoms with Gasteiger partial charge in [0.2, 0.25) is 5.91 Å². The van der Waals surface area contributed by atoms with E-state index in [1.165, 1.54) is 15.8 Å². The van der Waals surface area contributed by atoms with Gasteiger partial charge in [0.1, 0.15) is 5.52 Å². The zero-order chi connectivity index (χ0) is 21.4. The van der Waals surface area contributed by atoms with Crippen LogP contribution in [0, 0.1) is 0 Å². The molecule has 6 heteroatoms. The lowest BCUT2D eigenvalue weighted by Gasteiger charge is -2.26. The molecule has 1 aliphatic carbocycles. The van der Waals surface area contributed by atoms with Crippen LogP contribution in [0.3, 0.4) is 0 Å². The van der Waals surface area contributed by atoms with Crippen molar-refractivity contribution >= 4 is 27.7 Å². The number of fused-ring (bicyclic) bond motifs is 4. The molecule has 31 heavy (non-hydrogen) atoms. The van der Waals surface area contributed by atoms with E-state index < -0.39 is 0 Å². The van der Waals surface area contributed by atoms with Crippen LogP contribution in [-0.2, 0) is 24.8 Å². The molecule has 0 spiro atoms. The van der Waals surface area contributed by atoms with Crippen LogP contribution in [0.4, 0.5) is 0 Å². The number of aromatic nitrogens is 3. The van der Waals surface area contributed by atoms with Gasteiger partial charge < -0.3 is 9.88 Å². The Morgan fingerprint density at radius 3 is 2.84 bits per heavy atom. The molecule has 6 nitrogen and oxygen atoms in total. The number of amides is 1. The van der Waals surface area contributed by atoms with Crippen molar-refractivity contribution in [3.8, 4) is 0 Å². The molecule has 1 aliphatic rings. The first-order valence-corrected chi connectivity index (χ1v) is 10.9. The lowest BCUT2D eigenvalue weighted by molar-refractivity contribution is -0.122. The molecule has 0 saturated heterocycles. The second kappa shape index (κ2) is 8.02. The Labute approximate surface area is 180 Å². The van der Waals surface area contributed by atoms with Crippen LogP contribution in [0.2, 0.25) is 0 Å². The van der Waals surface area contributed by atoms with Crippen LogP contribution in [0.1, 0.15) is 42.9 Å². The van der Waals surface area contributed by atoms with Crippen LogP contribution in [0.5, 0.6) is 0 Å². The van der Waals surface area contributed by atoms with Crippen molar-refractivity contribution in [1.82, 2.24) is 19.7 Å². The monoisotopic (exact) mass is 414 g/mol. The van der Waals surface area contributed by atoms with Crippen LogP contribution in [0.25, 0.3) is 21.8 Å². The van der Waals surface area contributed by atoms with Crippen molar-refractivity contribution in [3.05, 3.63) is 76.2 Å². The van der Waals surface area contributed by atoms with E-state index in [4.69, 9.17) is 0 Å². The van der Waals surface area contributed by atoms with Crippen LogP contribution >= 0.6 is 0 Å². The quantitative estimate of drug-likeness (QED) is 0.539. The highest BCUT2D eigenvalue weighted by Gasteiger charge is 2.21. The van der Waals surface area contributed by atoms with Crippen molar-refractivity contribution in [1.29, 1.82) is 0 Å². The zero-order valence-corrected chi connectivity index (χ0v) is 17.7. The number of nitrogens with one attached hydrogen (secondary N) is 1. The zero-order valence-electron chi connectivity index (χ0n) is 17.7. The van der Waals surface area contributed by atoms with Gasteiger partial charge in [0.15, 0.2) is 0 Å². The minimum absolute atomic E-state index is 0.0667. The van der Waals surface area contributed by atoms with Crippen molar-refractivity contribution in [2.45, 2.75) is 44.7 Å². The van der Waals surface area contributed by atoms with Crippen molar-refractivity contribution in [3.63, 3.8) is 0 Å². The number of para-hydroxylation sites is 1. The molecule has 0 fully saturated rings. The fourth-order valence-corrected chi connectivity index (χ4v) is 4.84. The Kier molecular flexibility index (Phi) is 5.06. The number of carbonyl (C=O) groups excluding carboxylic acids is 1. The molecule has 1 atom stereocenters. The Hall–Kier alpha value is -3.41. The van der Waals surface area contributed by atoms with Crippen molar-refractivity contribution in [2.75, 3.05) is 0 Å². The normalized spacial score (nSPS) is 15.8. The maximum Gasteiger partial charge on any atom is 0.291 e. The van der Waals surface area contributed by atoms with Gasteiger partial charge in [-0.05, 0) is 42.9 Å². The number of nitrogens with zero attached hydrogens (tertiary/aromatic N) is 3. The number of carbonyl (C=O) groups is 1. The Morgan fingerprint density at radius 1 is 1.13 bits per heavy atom. The molecule has 2 heterocycles. The summed E-state index contributed by atoms with van der Waals surface area (Å²) in [6.45, 7) is 0.609. The summed E-state index contributed by atoms with van der Waals surface area (Å²) in [5.41, 5.74) is 4.13. The van der Waals surface area contributed by atoms with E-state index in [-0.39, 0.29) is 17.5 Å². The Bertz CT molecular complexity index is 1330. The molecular formula is C25H26N4O2. The summed E-state index contributed by atoms with van der Waals surface area (Å²) in [7, 11) is 1.67. The SMILES string of the molecule is Cn1ncc2c3ccccc3n(CCCC(=O)NC3CCCc4ccccc43)c2c1=O. The average molecular weight is 415 g/mol. The second-order valence-corrected chi connectivity index (χ2v) is 8.32. The number of hydrogen-bond donors (Lipinski definition) is 1. The van der Waals surface area contributed by atoms with E-state index >= 15 is 0 Å². The highest BCUT2D eigenvalue weighted by atomic mass is 16.1. The number of aryl methyl sites for hydroxylation is 3. The van der Waals surface area contributed by atoms with Crippen molar-refractivity contribution in [2.24, 2.45) is 7.05 Å². The van der Waals surface area contributed by atoms with E-state index in [9.17, 15) is 9.59 Å². The number of rotatable bonds is 5. The van der Waals surface area contributed by atoms with E-state index in [1.54, 1.807) is 13.2 Å². The summed E-state index contributed by atoms with van der Waals surface area (Å²) in [5, 5.41) is 9.30. The lowest BCUT2D eigenvalue weighted by atomic mass is 9.87. The topological polar surface area (TPSA) is 68.9 Å². The molecule has 158 valence electrons. The van der Waals surface area contributed by atoms with Gasteiger partial charge in [0, 0.05) is 36.3 Å². The summed E-state index contributed by atoms with van der Waals surface area (Å²) in [4.78, 5) is 25.5. The molecule has 2 aromatic heterocycles. The van der Waals surface area contributed by atoms with Crippen molar-refractivity contribution < 1.29 is 4.79 Å². The first kappa shape index (κ1) is 19.5. The smallest absolute Gasteiger partial charge is 0.291 e.